The second-order valence-corrected chi connectivity index (χ2v) is 13.1. The van der Waals surface area contributed by atoms with E-state index in [0.29, 0.717) is 12.1 Å². The molecule has 4 atom stereocenters. The lowest BCUT2D eigenvalue weighted by atomic mass is 9.74. The molecule has 15 heteroatoms. The van der Waals surface area contributed by atoms with Crippen LogP contribution >= 0.6 is 0 Å². The summed E-state index contributed by atoms with van der Waals surface area (Å²) in [7, 11) is -4.51. The zero-order valence-corrected chi connectivity index (χ0v) is 22.4. The van der Waals surface area contributed by atoms with Gasteiger partial charge >= 0.3 is 18.0 Å². The fourth-order valence-corrected chi connectivity index (χ4v) is 9.11. The molecule has 1 heterocycles. The lowest BCUT2D eigenvalue weighted by Crippen LogP contribution is -2.51. The summed E-state index contributed by atoms with van der Waals surface area (Å²) in [6.45, 7) is 0.0794. The van der Waals surface area contributed by atoms with Gasteiger partial charge in [-0.3, -0.25) is 9.59 Å². The van der Waals surface area contributed by atoms with Crippen molar-refractivity contribution in [2.75, 3.05) is 6.54 Å². The predicted molar refractivity (Wildman–Crippen MR) is 131 cm³/mol. The predicted octanol–water partition coefficient (Wildman–Crippen LogP) is 4.76. The number of rotatable bonds is 5. The number of aryl methyl sites for hydroxylation is 1. The van der Waals surface area contributed by atoms with E-state index in [1.54, 1.807) is 0 Å². The summed E-state index contributed by atoms with van der Waals surface area (Å²) in [6, 6.07) is 4.51. The molecular weight excluding hydrogens is 600 g/mol. The molecule has 0 spiro atoms. The molecule has 2 aromatic rings. The maximum Gasteiger partial charge on any atom is 0.435 e. The normalized spacial score (nSPS) is 26.4. The number of benzene rings is 2. The van der Waals surface area contributed by atoms with Gasteiger partial charge in [0.15, 0.2) is 9.84 Å². The maximum atomic E-state index is 14.9. The zero-order chi connectivity index (χ0) is 30.9. The number of amides is 2. The van der Waals surface area contributed by atoms with Crippen LogP contribution in [0.5, 0.6) is 0 Å². The van der Waals surface area contributed by atoms with Gasteiger partial charge in [0.1, 0.15) is 10.6 Å². The SMILES string of the molecule is O=C1C[C@@H](C(=O)N[C@@H]2CC[C@@]3(S(=O)(=O)c4ccc(F)cc4)c4ccc(C(F)(C(F)(F)F)C(F)(F)F)cc4CC[C@@H]23)CN1. The van der Waals surface area contributed by atoms with E-state index in [2.05, 4.69) is 10.6 Å². The summed E-state index contributed by atoms with van der Waals surface area (Å²) in [6.07, 6.45) is -13.2. The monoisotopic (exact) mass is 624 g/mol. The van der Waals surface area contributed by atoms with Gasteiger partial charge in [0.2, 0.25) is 11.8 Å². The van der Waals surface area contributed by atoms with Gasteiger partial charge in [0.25, 0.3) is 0 Å². The molecule has 1 aliphatic heterocycles. The highest BCUT2D eigenvalue weighted by Crippen LogP contribution is 2.59. The van der Waals surface area contributed by atoms with Crippen molar-refractivity contribution in [1.82, 2.24) is 10.6 Å². The number of alkyl halides is 7. The molecule has 2 aliphatic carbocycles. The highest BCUT2D eigenvalue weighted by Gasteiger charge is 2.73. The molecule has 6 nitrogen and oxygen atoms in total. The van der Waals surface area contributed by atoms with Crippen molar-refractivity contribution in [3.8, 4) is 0 Å². The van der Waals surface area contributed by atoms with Crippen LogP contribution in [-0.2, 0) is 36.3 Å². The van der Waals surface area contributed by atoms with Crippen LogP contribution in [0.1, 0.15) is 42.4 Å². The first-order valence-electron chi connectivity index (χ1n) is 13.0. The molecule has 0 unspecified atom stereocenters. The van der Waals surface area contributed by atoms with Crippen molar-refractivity contribution in [3.05, 3.63) is 65.0 Å². The molecular formula is C27H24F8N2O4S. The summed E-state index contributed by atoms with van der Waals surface area (Å²) >= 11 is 0. The third-order valence-electron chi connectivity index (χ3n) is 8.66. The van der Waals surface area contributed by atoms with Crippen molar-refractivity contribution in [2.24, 2.45) is 11.8 Å². The van der Waals surface area contributed by atoms with Crippen LogP contribution in [0.3, 0.4) is 0 Å². The third-order valence-corrected chi connectivity index (χ3v) is 11.2. The number of fused-ring (bicyclic) bond motifs is 3. The molecule has 2 N–H and O–H groups in total. The minimum absolute atomic E-state index is 0.0722. The highest BCUT2D eigenvalue weighted by molar-refractivity contribution is 7.92. The number of hydrogen-bond acceptors (Lipinski definition) is 4. The molecule has 2 amide bonds. The summed E-state index contributed by atoms with van der Waals surface area (Å²) in [4.78, 5) is 24.2. The van der Waals surface area contributed by atoms with Gasteiger partial charge in [-0.15, -0.1) is 0 Å². The minimum Gasteiger partial charge on any atom is -0.355 e. The molecule has 228 valence electrons. The Hall–Kier alpha value is -3.23. The van der Waals surface area contributed by atoms with Crippen LogP contribution in [0.25, 0.3) is 0 Å². The number of sulfone groups is 1. The molecule has 5 rings (SSSR count). The lowest BCUT2D eigenvalue weighted by Gasteiger charge is -2.43. The highest BCUT2D eigenvalue weighted by atomic mass is 32.2. The summed E-state index contributed by atoms with van der Waals surface area (Å²) in [5.74, 6) is -3.18. The molecule has 3 aliphatic rings. The van der Waals surface area contributed by atoms with Crippen LogP contribution in [0.2, 0.25) is 0 Å². The minimum atomic E-state index is -6.35. The van der Waals surface area contributed by atoms with Gasteiger partial charge in [-0.05, 0) is 61.1 Å². The van der Waals surface area contributed by atoms with E-state index in [1.165, 1.54) is 0 Å². The molecule has 2 aromatic carbocycles. The van der Waals surface area contributed by atoms with Gasteiger partial charge in [-0.25, -0.2) is 17.2 Å². The van der Waals surface area contributed by atoms with Crippen LogP contribution < -0.4 is 10.6 Å². The fraction of sp³-hybridized carbons (Fsp3) is 0.481. The Balaban J connectivity index is 1.63. The standard InChI is InChI=1S/C27H24F8N2O4S/c28-17-3-5-18(6-4-17)42(40,41)24-10-9-21(37-23(39)15-12-22(38)36-13-15)20(24)7-1-14-11-16(2-8-19(14)24)25(29,26(30,31)32)27(33,34)35/h2-6,8,11,15,20-21H,1,7,9-10,12-13H2,(H,36,38)(H,37,39)/t15-,20+,21-,24-/m1/s1. The molecule has 1 saturated heterocycles. The van der Waals surface area contributed by atoms with Crippen LogP contribution in [0, 0.1) is 17.7 Å². The Labute approximate surface area is 234 Å². The van der Waals surface area contributed by atoms with Gasteiger partial charge in [0.05, 0.1) is 10.8 Å². The van der Waals surface area contributed by atoms with E-state index in [0.717, 1.165) is 30.3 Å². The third kappa shape index (κ3) is 4.45. The average molecular weight is 625 g/mol. The average Bonchev–Trinajstić information content (AvgIpc) is 3.51. The van der Waals surface area contributed by atoms with E-state index in [1.807, 2.05) is 0 Å². The second kappa shape index (κ2) is 9.91. The van der Waals surface area contributed by atoms with E-state index >= 15 is 0 Å². The summed E-state index contributed by atoms with van der Waals surface area (Å²) in [5, 5.41) is 5.32. The smallest absolute Gasteiger partial charge is 0.355 e. The molecule has 0 bridgehead atoms. The quantitative estimate of drug-likeness (QED) is 0.371. The van der Waals surface area contributed by atoms with Gasteiger partial charge in [0, 0.05) is 30.5 Å². The van der Waals surface area contributed by atoms with Crippen LogP contribution in [0.4, 0.5) is 35.1 Å². The second-order valence-electron chi connectivity index (χ2n) is 10.9. The summed E-state index contributed by atoms with van der Waals surface area (Å²) in [5.41, 5.74) is -7.74. The largest absolute Gasteiger partial charge is 0.435 e. The van der Waals surface area contributed by atoms with E-state index in [4.69, 9.17) is 0 Å². The number of halogens is 8. The fourth-order valence-electron chi connectivity index (χ4n) is 6.64. The Kier molecular flexibility index (Phi) is 7.14. The Bertz CT molecular complexity index is 1510. The van der Waals surface area contributed by atoms with Crippen LogP contribution in [0.15, 0.2) is 47.4 Å². The molecule has 42 heavy (non-hydrogen) atoms. The number of nitrogens with one attached hydrogen (secondary N) is 2. The Morgan fingerprint density at radius 3 is 2.17 bits per heavy atom. The first kappa shape index (κ1) is 30.2. The van der Waals surface area contributed by atoms with Crippen molar-refractivity contribution < 1.29 is 53.1 Å². The van der Waals surface area contributed by atoms with Gasteiger partial charge in [-0.1, -0.05) is 18.2 Å². The van der Waals surface area contributed by atoms with Gasteiger partial charge in [-0.2, -0.15) is 26.3 Å². The van der Waals surface area contributed by atoms with E-state index in [9.17, 15) is 53.1 Å². The van der Waals surface area contributed by atoms with E-state index < -0.39 is 67.8 Å². The van der Waals surface area contributed by atoms with Crippen LogP contribution in [-0.4, -0.2) is 45.2 Å². The number of carbonyl (C=O) groups excluding carboxylic acids is 2. The van der Waals surface area contributed by atoms with Crippen molar-refractivity contribution in [3.63, 3.8) is 0 Å². The van der Waals surface area contributed by atoms with Crippen molar-refractivity contribution in [2.45, 2.75) is 65.8 Å². The number of carbonyl (C=O) groups is 2. The van der Waals surface area contributed by atoms with Crippen molar-refractivity contribution in [1.29, 1.82) is 0 Å². The first-order valence-corrected chi connectivity index (χ1v) is 14.5. The molecule has 0 radical (unpaired) electrons. The zero-order valence-electron chi connectivity index (χ0n) is 21.6. The summed E-state index contributed by atoms with van der Waals surface area (Å²) < 4.78 is 136. The number of hydrogen-bond donors (Lipinski definition) is 2. The Morgan fingerprint density at radius 2 is 1.60 bits per heavy atom. The maximum absolute atomic E-state index is 14.9. The van der Waals surface area contributed by atoms with Gasteiger partial charge < -0.3 is 10.6 Å². The Morgan fingerprint density at radius 1 is 0.952 bits per heavy atom. The lowest BCUT2D eigenvalue weighted by molar-refractivity contribution is -0.348. The molecule has 1 saturated carbocycles. The topological polar surface area (TPSA) is 92.3 Å². The van der Waals surface area contributed by atoms with Crippen molar-refractivity contribution >= 4 is 21.7 Å². The molecule has 2 fully saturated rings. The first-order chi connectivity index (χ1) is 19.4. The molecule has 0 aromatic heterocycles. The van der Waals surface area contributed by atoms with E-state index in [-0.39, 0.29) is 60.6 Å².